The molecule has 0 spiro atoms. The molecule has 3 aliphatic rings. The third-order valence-electron chi connectivity index (χ3n) is 10.3. The van der Waals surface area contributed by atoms with Crippen molar-refractivity contribution in [3.63, 3.8) is 0 Å². The van der Waals surface area contributed by atoms with E-state index in [4.69, 9.17) is 23.7 Å². The van der Waals surface area contributed by atoms with Crippen molar-refractivity contribution < 1.29 is 52.5 Å². The highest BCUT2D eigenvalue weighted by Gasteiger charge is 2.54. The number of nitrogens with zero attached hydrogens (tertiary/aromatic N) is 2. The number of carbonyl (C=O) groups is 6. The SMILES string of the molecule is C=C(C)C(=O)Oc1ccc(Oc2cc(N3C(=O)C4=CC5C(=O)N(C(C)(C)C)C(=O)C5C=C4C3=O)ccc2Oc2ccc(C(C)(C)C)c(Oc3ccc(OC(=O)C(=C)C)cc3)c2)cc1. The van der Waals surface area contributed by atoms with Crippen LogP contribution in [-0.4, -0.2) is 46.0 Å². The largest absolute Gasteiger partial charge is 0.457 e. The second-order valence-corrected chi connectivity index (χ2v) is 17.5. The molecule has 4 amide bonds. The van der Waals surface area contributed by atoms with Gasteiger partial charge in [0.25, 0.3) is 11.8 Å². The minimum absolute atomic E-state index is 0.0369. The van der Waals surface area contributed by atoms with Gasteiger partial charge in [-0.25, -0.2) is 14.5 Å². The fourth-order valence-electron chi connectivity index (χ4n) is 7.20. The third-order valence-corrected chi connectivity index (χ3v) is 10.3. The molecule has 13 heteroatoms. The van der Waals surface area contributed by atoms with Crippen LogP contribution in [0.1, 0.15) is 61.0 Å². The number of hydrogen-bond acceptors (Lipinski definition) is 11. The zero-order valence-electron chi connectivity index (χ0n) is 36.2. The average molecular weight is 851 g/mol. The van der Waals surface area contributed by atoms with Crippen LogP contribution in [0.2, 0.25) is 0 Å². The van der Waals surface area contributed by atoms with Crippen molar-refractivity contribution in [1.82, 2.24) is 4.90 Å². The zero-order chi connectivity index (χ0) is 45.7. The van der Waals surface area contributed by atoms with E-state index in [1.165, 1.54) is 48.2 Å². The molecule has 1 aliphatic carbocycles. The van der Waals surface area contributed by atoms with E-state index in [1.807, 2.05) is 26.8 Å². The van der Waals surface area contributed by atoms with Crippen molar-refractivity contribution in [1.29, 1.82) is 0 Å². The van der Waals surface area contributed by atoms with Crippen molar-refractivity contribution in [3.8, 4) is 46.0 Å². The summed E-state index contributed by atoms with van der Waals surface area (Å²) in [4.78, 5) is 81.2. The molecular formula is C50H46N2O11. The number of benzene rings is 4. The molecule has 2 fully saturated rings. The molecule has 13 nitrogen and oxygen atoms in total. The van der Waals surface area contributed by atoms with E-state index < -0.39 is 52.9 Å². The van der Waals surface area contributed by atoms with Crippen LogP contribution < -0.4 is 28.6 Å². The lowest BCUT2D eigenvalue weighted by atomic mass is 9.84. The average Bonchev–Trinajstić information content (AvgIpc) is 3.61. The van der Waals surface area contributed by atoms with Gasteiger partial charge in [-0.2, -0.15) is 0 Å². The van der Waals surface area contributed by atoms with Crippen LogP contribution in [0.4, 0.5) is 5.69 Å². The first-order valence-electron chi connectivity index (χ1n) is 20.1. The van der Waals surface area contributed by atoms with Gasteiger partial charge in [0.15, 0.2) is 11.5 Å². The van der Waals surface area contributed by atoms with Crippen LogP contribution in [-0.2, 0) is 34.2 Å². The lowest BCUT2D eigenvalue weighted by Crippen LogP contribution is -2.45. The molecule has 2 aliphatic heterocycles. The van der Waals surface area contributed by atoms with Gasteiger partial charge in [0.2, 0.25) is 11.8 Å². The summed E-state index contributed by atoms with van der Waals surface area (Å²) in [7, 11) is 0. The number of fused-ring (bicyclic) bond motifs is 2. The van der Waals surface area contributed by atoms with E-state index in [2.05, 4.69) is 13.2 Å². The number of ether oxygens (including phenoxy) is 5. The number of hydrogen-bond donors (Lipinski definition) is 0. The van der Waals surface area contributed by atoms with Gasteiger partial charge >= 0.3 is 11.9 Å². The molecule has 4 aromatic carbocycles. The Morgan fingerprint density at radius 1 is 0.540 bits per heavy atom. The van der Waals surface area contributed by atoms with Crippen molar-refractivity contribution >= 4 is 41.3 Å². The Bertz CT molecular complexity index is 2640. The summed E-state index contributed by atoms with van der Waals surface area (Å²) >= 11 is 0. The number of imide groups is 2. The van der Waals surface area contributed by atoms with Gasteiger partial charge in [0, 0.05) is 45.5 Å². The third kappa shape index (κ3) is 8.81. The summed E-state index contributed by atoms with van der Waals surface area (Å²) in [6.45, 7) is 21.7. The Labute approximate surface area is 364 Å². The summed E-state index contributed by atoms with van der Waals surface area (Å²) in [6, 6.07) is 22.7. The maximum Gasteiger partial charge on any atom is 0.338 e. The standard InChI is InChI=1S/C50H46N2O11/c1-27(2)47(57)62-32-16-12-30(13-17-32)59-41-24-34(20-21-39(41)49(5,6)7)61-40-22-11-29(23-42(40)60-31-14-18-33(19-15-31)63-48(58)28(3)4)51-43(53)35-25-37-38(26-36(35)44(51)54)46(56)52(45(37)55)50(8,9)10/h11-26,37-38H,1,3H2,2,4-10H3. The topological polar surface area (TPSA) is 155 Å². The molecule has 0 bridgehead atoms. The lowest BCUT2D eigenvalue weighted by Gasteiger charge is -2.30. The highest BCUT2D eigenvalue weighted by molar-refractivity contribution is 6.37. The number of rotatable bonds is 11. The second kappa shape index (κ2) is 16.4. The molecule has 4 aromatic rings. The van der Waals surface area contributed by atoms with E-state index in [0.717, 1.165) is 10.5 Å². The predicted octanol–water partition coefficient (Wildman–Crippen LogP) is 9.46. The molecule has 0 saturated carbocycles. The number of amides is 4. The van der Waals surface area contributed by atoms with Crippen LogP contribution in [0.25, 0.3) is 0 Å². The normalized spacial score (nSPS) is 17.1. The Kier molecular flexibility index (Phi) is 11.3. The Balaban J connectivity index is 1.22. The molecule has 7 rings (SSSR count). The number of esters is 2. The first kappa shape index (κ1) is 43.5. The molecule has 2 saturated heterocycles. The molecule has 2 atom stereocenters. The van der Waals surface area contributed by atoms with E-state index in [1.54, 1.807) is 82.3 Å². The number of carbonyl (C=O) groups excluding carboxylic acids is 6. The second-order valence-electron chi connectivity index (χ2n) is 17.5. The van der Waals surface area contributed by atoms with Crippen molar-refractivity contribution in [2.75, 3.05) is 4.90 Å². The van der Waals surface area contributed by atoms with Gasteiger partial charge in [-0.3, -0.25) is 24.1 Å². The van der Waals surface area contributed by atoms with E-state index in [9.17, 15) is 28.8 Å². The summed E-state index contributed by atoms with van der Waals surface area (Å²) in [6.07, 6.45) is 2.86. The van der Waals surface area contributed by atoms with Gasteiger partial charge in [-0.15, -0.1) is 0 Å². The highest BCUT2D eigenvalue weighted by atomic mass is 16.5. The maximum atomic E-state index is 14.0. The maximum absolute atomic E-state index is 14.0. The minimum atomic E-state index is -0.913. The highest BCUT2D eigenvalue weighted by Crippen LogP contribution is 2.46. The molecule has 63 heavy (non-hydrogen) atoms. The molecule has 2 heterocycles. The van der Waals surface area contributed by atoms with Crippen LogP contribution in [0, 0.1) is 11.8 Å². The molecule has 322 valence electrons. The summed E-state index contributed by atoms with van der Waals surface area (Å²) in [5, 5.41) is 0. The lowest BCUT2D eigenvalue weighted by molar-refractivity contribution is -0.145. The van der Waals surface area contributed by atoms with Crippen LogP contribution in [0.3, 0.4) is 0 Å². The molecule has 0 N–H and O–H groups in total. The minimum Gasteiger partial charge on any atom is -0.457 e. The summed E-state index contributed by atoms with van der Waals surface area (Å²) in [5.74, 6) is -2.69. The number of anilines is 1. The smallest absolute Gasteiger partial charge is 0.338 e. The zero-order valence-corrected chi connectivity index (χ0v) is 36.2. The molecule has 0 radical (unpaired) electrons. The van der Waals surface area contributed by atoms with Crippen LogP contribution in [0.5, 0.6) is 46.0 Å². The van der Waals surface area contributed by atoms with E-state index in [0.29, 0.717) is 28.7 Å². The Morgan fingerprint density at radius 3 is 1.41 bits per heavy atom. The first-order valence-corrected chi connectivity index (χ1v) is 20.1. The number of likely N-dealkylation sites (tertiary alicyclic amines) is 1. The van der Waals surface area contributed by atoms with E-state index in [-0.39, 0.29) is 50.6 Å². The van der Waals surface area contributed by atoms with Crippen molar-refractivity contribution in [3.05, 3.63) is 138 Å². The Morgan fingerprint density at radius 2 is 0.968 bits per heavy atom. The van der Waals surface area contributed by atoms with Crippen LogP contribution >= 0.6 is 0 Å². The molecular weight excluding hydrogens is 805 g/mol. The molecule has 2 unspecified atom stereocenters. The van der Waals surface area contributed by atoms with Crippen molar-refractivity contribution in [2.24, 2.45) is 11.8 Å². The van der Waals surface area contributed by atoms with Gasteiger partial charge in [0.1, 0.15) is 34.5 Å². The molecule has 0 aromatic heterocycles. The quantitative estimate of drug-likeness (QED) is 0.0613. The fraction of sp³-hybridized carbons (Fsp3) is 0.240. The van der Waals surface area contributed by atoms with Gasteiger partial charge in [-0.05, 0) is 107 Å². The monoisotopic (exact) mass is 850 g/mol. The van der Waals surface area contributed by atoms with Crippen LogP contribution in [0.15, 0.2) is 133 Å². The van der Waals surface area contributed by atoms with Gasteiger partial charge < -0.3 is 23.7 Å². The summed E-state index contributed by atoms with van der Waals surface area (Å²) in [5.41, 5.74) is 0.428. The first-order chi connectivity index (χ1) is 29.6. The van der Waals surface area contributed by atoms with Crippen molar-refractivity contribution in [2.45, 2.75) is 66.3 Å². The van der Waals surface area contributed by atoms with Gasteiger partial charge in [0.05, 0.1) is 17.5 Å². The van der Waals surface area contributed by atoms with E-state index >= 15 is 0 Å². The predicted molar refractivity (Wildman–Crippen MR) is 233 cm³/mol. The Hall–Kier alpha value is -7.54. The fourth-order valence-corrected chi connectivity index (χ4v) is 7.20. The van der Waals surface area contributed by atoms with Gasteiger partial charge in [-0.1, -0.05) is 52.1 Å². The summed E-state index contributed by atoms with van der Waals surface area (Å²) < 4.78 is 29.8.